The molecule has 1 aromatic carbocycles. The van der Waals surface area contributed by atoms with Crippen LogP contribution in [0.1, 0.15) is 12.0 Å². The first-order valence-corrected chi connectivity index (χ1v) is 5.06. The van der Waals surface area contributed by atoms with Crippen LogP contribution in [-0.2, 0) is 6.54 Å². The van der Waals surface area contributed by atoms with E-state index in [0.29, 0.717) is 16.5 Å². The van der Waals surface area contributed by atoms with Gasteiger partial charge in [0.25, 0.3) is 0 Å². The van der Waals surface area contributed by atoms with E-state index >= 15 is 0 Å². The Labute approximate surface area is 95.9 Å². The Morgan fingerprint density at radius 3 is 2.65 bits per heavy atom. The van der Waals surface area contributed by atoms with Crippen molar-refractivity contribution in [2.24, 2.45) is 0 Å². The maximum absolute atomic E-state index is 12.1. The molecule has 0 saturated heterocycles. The zero-order valence-electron chi connectivity index (χ0n) is 8.83. The molecule has 2 nitrogen and oxygen atoms in total. The maximum Gasteiger partial charge on any atom is 0.390 e. The lowest BCUT2D eigenvalue weighted by Crippen LogP contribution is -2.11. The van der Waals surface area contributed by atoms with Crippen LogP contribution in [0.2, 0.25) is 0 Å². The van der Waals surface area contributed by atoms with Crippen molar-refractivity contribution in [3.05, 3.63) is 36.0 Å². The van der Waals surface area contributed by atoms with Crippen molar-refractivity contribution in [2.75, 3.05) is 0 Å². The molecule has 0 spiro atoms. The van der Waals surface area contributed by atoms with Crippen LogP contribution in [0, 0.1) is 11.3 Å². The number of halogens is 3. The number of rotatable bonds is 2. The van der Waals surface area contributed by atoms with E-state index in [2.05, 4.69) is 0 Å². The topological polar surface area (TPSA) is 28.7 Å². The molecule has 17 heavy (non-hydrogen) atoms. The number of nitrogens with zero attached hydrogens (tertiary/aromatic N) is 2. The highest BCUT2D eigenvalue weighted by Crippen LogP contribution is 2.24. The molecule has 0 saturated carbocycles. The summed E-state index contributed by atoms with van der Waals surface area (Å²) in [7, 11) is 0. The average Bonchev–Trinajstić information content (AvgIpc) is 2.68. The summed E-state index contributed by atoms with van der Waals surface area (Å²) in [5.41, 5.74) is 1.14. The monoisotopic (exact) mass is 238 g/mol. The summed E-state index contributed by atoms with van der Waals surface area (Å²) >= 11 is 0. The zero-order valence-corrected chi connectivity index (χ0v) is 8.83. The van der Waals surface area contributed by atoms with Crippen molar-refractivity contribution in [1.82, 2.24) is 4.57 Å². The van der Waals surface area contributed by atoms with Crippen LogP contribution in [0.3, 0.4) is 0 Å². The fourth-order valence-corrected chi connectivity index (χ4v) is 1.76. The van der Waals surface area contributed by atoms with Gasteiger partial charge in [0, 0.05) is 23.6 Å². The Kier molecular flexibility index (Phi) is 2.80. The van der Waals surface area contributed by atoms with Crippen LogP contribution in [-0.4, -0.2) is 10.7 Å². The number of aromatic nitrogens is 1. The zero-order chi connectivity index (χ0) is 12.5. The molecule has 0 aliphatic carbocycles. The second-order valence-electron chi connectivity index (χ2n) is 3.72. The second-order valence-corrected chi connectivity index (χ2v) is 3.72. The van der Waals surface area contributed by atoms with Gasteiger partial charge in [0.2, 0.25) is 0 Å². The Morgan fingerprint density at radius 2 is 2.00 bits per heavy atom. The smallest absolute Gasteiger partial charge is 0.347 e. The molecule has 2 aromatic rings. The van der Waals surface area contributed by atoms with Crippen molar-refractivity contribution in [3.63, 3.8) is 0 Å². The van der Waals surface area contributed by atoms with Gasteiger partial charge in [-0.2, -0.15) is 18.4 Å². The maximum atomic E-state index is 12.1. The fraction of sp³-hybridized carbons (Fsp3) is 0.250. The van der Waals surface area contributed by atoms with Gasteiger partial charge in [-0.05, 0) is 18.2 Å². The highest BCUT2D eigenvalue weighted by molar-refractivity contribution is 5.85. The largest absolute Gasteiger partial charge is 0.390 e. The van der Waals surface area contributed by atoms with E-state index in [1.807, 2.05) is 6.07 Å². The van der Waals surface area contributed by atoms with Crippen LogP contribution in [0.25, 0.3) is 10.9 Å². The Hall–Kier alpha value is -1.96. The molecule has 0 radical (unpaired) electrons. The van der Waals surface area contributed by atoms with E-state index in [-0.39, 0.29) is 6.54 Å². The minimum absolute atomic E-state index is 0.123. The van der Waals surface area contributed by atoms with E-state index in [9.17, 15) is 13.2 Å². The van der Waals surface area contributed by atoms with Gasteiger partial charge in [-0.3, -0.25) is 0 Å². The first-order chi connectivity index (χ1) is 8.01. The summed E-state index contributed by atoms with van der Waals surface area (Å²) in [5, 5.41) is 9.56. The van der Waals surface area contributed by atoms with E-state index in [4.69, 9.17) is 5.26 Å². The lowest BCUT2D eigenvalue weighted by atomic mass is 10.1. The van der Waals surface area contributed by atoms with Gasteiger partial charge < -0.3 is 4.57 Å². The predicted molar refractivity (Wildman–Crippen MR) is 57.3 cm³/mol. The van der Waals surface area contributed by atoms with Crippen LogP contribution in [0.4, 0.5) is 13.2 Å². The standard InChI is InChI=1S/C12H9F3N2/c13-12(14,15)5-7-17-6-4-10-9(8-16)2-1-3-11(10)17/h1-4,6H,5,7H2. The van der Waals surface area contributed by atoms with Gasteiger partial charge in [-0.1, -0.05) is 6.07 Å². The van der Waals surface area contributed by atoms with E-state index in [0.717, 1.165) is 0 Å². The van der Waals surface area contributed by atoms with Gasteiger partial charge in [-0.15, -0.1) is 0 Å². The summed E-state index contributed by atoms with van der Waals surface area (Å²) in [6.07, 6.45) is -3.45. The van der Waals surface area contributed by atoms with Crippen LogP contribution in [0.15, 0.2) is 30.5 Å². The Bertz CT molecular complexity index is 575. The molecule has 5 heteroatoms. The highest BCUT2D eigenvalue weighted by Gasteiger charge is 2.26. The number of hydrogen-bond acceptors (Lipinski definition) is 1. The van der Waals surface area contributed by atoms with Gasteiger partial charge >= 0.3 is 6.18 Å². The van der Waals surface area contributed by atoms with Gasteiger partial charge in [0.05, 0.1) is 18.1 Å². The van der Waals surface area contributed by atoms with Crippen molar-refractivity contribution < 1.29 is 13.2 Å². The number of alkyl halides is 3. The van der Waals surface area contributed by atoms with Gasteiger partial charge in [0.15, 0.2) is 0 Å². The normalized spacial score (nSPS) is 11.6. The van der Waals surface area contributed by atoms with Crippen LogP contribution < -0.4 is 0 Å². The molecule has 0 unspecified atom stereocenters. The molecule has 0 bridgehead atoms. The summed E-state index contributed by atoms with van der Waals surface area (Å²) in [6.45, 7) is -0.123. The lowest BCUT2D eigenvalue weighted by molar-refractivity contribution is -0.136. The second kappa shape index (κ2) is 4.13. The quantitative estimate of drug-likeness (QED) is 0.787. The average molecular weight is 238 g/mol. The lowest BCUT2D eigenvalue weighted by Gasteiger charge is -2.08. The molecule has 0 aliphatic rings. The molecule has 2 rings (SSSR count). The third-order valence-electron chi connectivity index (χ3n) is 2.57. The van der Waals surface area contributed by atoms with E-state index in [1.165, 1.54) is 4.57 Å². The molecule has 0 fully saturated rings. The molecule has 1 aromatic heterocycles. The van der Waals surface area contributed by atoms with Crippen molar-refractivity contribution in [2.45, 2.75) is 19.1 Å². The minimum Gasteiger partial charge on any atom is -0.347 e. The van der Waals surface area contributed by atoms with Crippen molar-refractivity contribution in [1.29, 1.82) is 5.26 Å². The molecular weight excluding hydrogens is 229 g/mol. The van der Waals surface area contributed by atoms with Crippen molar-refractivity contribution in [3.8, 4) is 6.07 Å². The minimum atomic E-state index is -4.16. The van der Waals surface area contributed by atoms with Crippen LogP contribution >= 0.6 is 0 Å². The number of hydrogen-bond donors (Lipinski definition) is 0. The molecule has 0 aliphatic heterocycles. The van der Waals surface area contributed by atoms with Crippen molar-refractivity contribution >= 4 is 10.9 Å². The SMILES string of the molecule is N#Cc1cccc2c1ccn2CCC(F)(F)F. The molecule has 0 amide bonds. The fourth-order valence-electron chi connectivity index (χ4n) is 1.76. The first-order valence-electron chi connectivity index (χ1n) is 5.06. The number of aryl methyl sites for hydroxylation is 1. The molecular formula is C12H9F3N2. The summed E-state index contributed by atoms with van der Waals surface area (Å²) in [4.78, 5) is 0. The summed E-state index contributed by atoms with van der Waals surface area (Å²) in [6, 6.07) is 8.73. The molecule has 0 atom stereocenters. The highest BCUT2D eigenvalue weighted by atomic mass is 19.4. The van der Waals surface area contributed by atoms with Gasteiger partial charge in [-0.25, -0.2) is 0 Å². The Balaban J connectivity index is 2.35. The van der Waals surface area contributed by atoms with Gasteiger partial charge in [0.1, 0.15) is 0 Å². The summed E-state index contributed by atoms with van der Waals surface area (Å²) < 4.78 is 37.9. The van der Waals surface area contributed by atoms with E-state index in [1.54, 1.807) is 30.5 Å². The first kappa shape index (κ1) is 11.5. The van der Waals surface area contributed by atoms with E-state index < -0.39 is 12.6 Å². The third-order valence-corrected chi connectivity index (χ3v) is 2.57. The number of nitriles is 1. The molecule has 88 valence electrons. The third kappa shape index (κ3) is 2.41. The molecule has 1 heterocycles. The van der Waals surface area contributed by atoms with Crippen LogP contribution in [0.5, 0.6) is 0 Å². The number of benzene rings is 1. The predicted octanol–water partition coefficient (Wildman–Crippen LogP) is 3.47. The Morgan fingerprint density at radius 1 is 1.24 bits per heavy atom. The number of fused-ring (bicyclic) bond motifs is 1. The summed E-state index contributed by atoms with van der Waals surface area (Å²) in [5.74, 6) is 0. The molecule has 0 N–H and O–H groups in total.